The van der Waals surface area contributed by atoms with E-state index in [1.54, 1.807) is 6.92 Å². The first-order valence-electron chi connectivity index (χ1n) is 4.68. The van der Waals surface area contributed by atoms with Crippen molar-refractivity contribution in [3.8, 4) is 6.01 Å². The minimum Gasteiger partial charge on any atom is -0.464 e. The van der Waals surface area contributed by atoms with Gasteiger partial charge < -0.3 is 20.9 Å². The van der Waals surface area contributed by atoms with E-state index in [1.807, 2.05) is 6.92 Å². The minimum absolute atomic E-state index is 0.0848. The zero-order valence-electron chi connectivity index (χ0n) is 8.77. The normalized spacial score (nSPS) is 12.2. The molecule has 0 amide bonds. The summed E-state index contributed by atoms with van der Waals surface area (Å²) in [5.74, 6) is 0.383. The van der Waals surface area contributed by atoms with Crippen LogP contribution in [0.25, 0.3) is 0 Å². The Morgan fingerprint density at radius 2 is 2.20 bits per heavy atom. The van der Waals surface area contributed by atoms with Crippen molar-refractivity contribution in [2.45, 2.75) is 20.0 Å². The van der Waals surface area contributed by atoms with Crippen molar-refractivity contribution in [1.82, 2.24) is 15.0 Å². The summed E-state index contributed by atoms with van der Waals surface area (Å²) in [5.41, 5.74) is 5.45. The highest BCUT2D eigenvalue weighted by molar-refractivity contribution is 5.32. The van der Waals surface area contributed by atoms with Gasteiger partial charge in [0.05, 0.1) is 12.7 Å². The van der Waals surface area contributed by atoms with Gasteiger partial charge in [0, 0.05) is 6.54 Å². The summed E-state index contributed by atoms with van der Waals surface area (Å²) in [6.07, 6.45) is -0.487. The monoisotopic (exact) mass is 213 g/mol. The molecule has 1 aromatic rings. The van der Waals surface area contributed by atoms with Crippen LogP contribution in [0.2, 0.25) is 0 Å². The van der Waals surface area contributed by atoms with Gasteiger partial charge in [0.15, 0.2) is 0 Å². The van der Waals surface area contributed by atoms with Gasteiger partial charge in [0.2, 0.25) is 11.9 Å². The van der Waals surface area contributed by atoms with Crippen LogP contribution in [0.5, 0.6) is 6.01 Å². The van der Waals surface area contributed by atoms with Gasteiger partial charge in [0.25, 0.3) is 0 Å². The molecule has 0 radical (unpaired) electrons. The van der Waals surface area contributed by atoms with Crippen molar-refractivity contribution in [2.75, 3.05) is 24.2 Å². The van der Waals surface area contributed by atoms with Crippen molar-refractivity contribution >= 4 is 11.9 Å². The van der Waals surface area contributed by atoms with Gasteiger partial charge in [-0.25, -0.2) is 0 Å². The van der Waals surface area contributed by atoms with Crippen LogP contribution in [0.15, 0.2) is 0 Å². The summed E-state index contributed by atoms with van der Waals surface area (Å²) in [5, 5.41) is 11.9. The van der Waals surface area contributed by atoms with Crippen LogP contribution in [0.4, 0.5) is 11.9 Å². The number of aromatic nitrogens is 3. The highest BCUT2D eigenvalue weighted by atomic mass is 16.5. The van der Waals surface area contributed by atoms with Crippen molar-refractivity contribution in [1.29, 1.82) is 0 Å². The third kappa shape index (κ3) is 3.94. The largest absolute Gasteiger partial charge is 0.464 e. The number of aliphatic hydroxyl groups excluding tert-OH is 1. The number of nitrogens with one attached hydrogen (secondary N) is 1. The smallest absolute Gasteiger partial charge is 0.323 e. The Hall–Kier alpha value is -1.63. The molecule has 1 aromatic heterocycles. The Bertz CT molecular complexity index is 318. The number of ether oxygens (including phenoxy) is 1. The minimum atomic E-state index is -0.487. The fourth-order valence-corrected chi connectivity index (χ4v) is 0.884. The summed E-state index contributed by atoms with van der Waals surface area (Å²) < 4.78 is 5.09. The molecule has 7 heteroatoms. The van der Waals surface area contributed by atoms with Crippen molar-refractivity contribution in [3.63, 3.8) is 0 Å². The Kier molecular flexibility index (Phi) is 4.04. The fraction of sp³-hybridized carbons (Fsp3) is 0.625. The lowest BCUT2D eigenvalue weighted by Gasteiger charge is -2.08. The number of rotatable bonds is 5. The van der Waals surface area contributed by atoms with Gasteiger partial charge in [-0.1, -0.05) is 0 Å². The third-order valence-corrected chi connectivity index (χ3v) is 1.46. The molecular weight excluding hydrogens is 198 g/mol. The van der Waals surface area contributed by atoms with Gasteiger partial charge in [0.1, 0.15) is 0 Å². The van der Waals surface area contributed by atoms with Crippen LogP contribution in [0.1, 0.15) is 13.8 Å². The third-order valence-electron chi connectivity index (χ3n) is 1.46. The molecular formula is C8H15N5O2. The van der Waals surface area contributed by atoms with E-state index >= 15 is 0 Å². The Balaban J connectivity index is 2.70. The molecule has 0 fully saturated rings. The molecule has 0 aliphatic heterocycles. The maximum atomic E-state index is 9.06. The Labute approximate surface area is 87.7 Å². The van der Waals surface area contributed by atoms with E-state index in [4.69, 9.17) is 15.6 Å². The highest BCUT2D eigenvalue weighted by Crippen LogP contribution is 2.08. The SMILES string of the molecule is CCOc1nc(N)nc(NCC(C)O)n1. The number of nitrogen functional groups attached to an aromatic ring is 1. The predicted octanol–water partition coefficient (Wildman–Crippen LogP) is -0.355. The van der Waals surface area contributed by atoms with Crippen LogP contribution < -0.4 is 15.8 Å². The lowest BCUT2D eigenvalue weighted by atomic mass is 10.4. The van der Waals surface area contributed by atoms with E-state index in [-0.39, 0.29) is 12.0 Å². The van der Waals surface area contributed by atoms with Crippen molar-refractivity contribution in [3.05, 3.63) is 0 Å². The molecule has 0 aliphatic carbocycles. The second-order valence-corrected chi connectivity index (χ2v) is 2.96. The van der Waals surface area contributed by atoms with Crippen LogP contribution in [-0.4, -0.2) is 39.3 Å². The molecule has 0 bridgehead atoms. The van der Waals surface area contributed by atoms with E-state index < -0.39 is 6.10 Å². The van der Waals surface area contributed by atoms with Crippen LogP contribution in [0.3, 0.4) is 0 Å². The summed E-state index contributed by atoms with van der Waals surface area (Å²) in [4.78, 5) is 11.6. The summed E-state index contributed by atoms with van der Waals surface area (Å²) in [6.45, 7) is 4.28. The lowest BCUT2D eigenvalue weighted by molar-refractivity contribution is 0.208. The molecule has 1 rings (SSSR count). The van der Waals surface area contributed by atoms with E-state index in [2.05, 4.69) is 20.3 Å². The highest BCUT2D eigenvalue weighted by Gasteiger charge is 2.05. The van der Waals surface area contributed by atoms with Gasteiger partial charge in [-0.15, -0.1) is 0 Å². The molecule has 0 saturated heterocycles. The zero-order chi connectivity index (χ0) is 11.3. The van der Waals surface area contributed by atoms with Gasteiger partial charge >= 0.3 is 6.01 Å². The van der Waals surface area contributed by atoms with Gasteiger partial charge in [-0.3, -0.25) is 0 Å². The molecule has 0 aliphatic rings. The Morgan fingerprint density at radius 3 is 2.80 bits per heavy atom. The Morgan fingerprint density at radius 1 is 1.47 bits per heavy atom. The molecule has 7 nitrogen and oxygen atoms in total. The average Bonchev–Trinajstić information content (AvgIpc) is 2.14. The molecule has 4 N–H and O–H groups in total. The number of hydrogen-bond acceptors (Lipinski definition) is 7. The fourth-order valence-electron chi connectivity index (χ4n) is 0.884. The second kappa shape index (κ2) is 5.30. The van der Waals surface area contributed by atoms with E-state index in [1.165, 1.54) is 0 Å². The van der Waals surface area contributed by atoms with Crippen LogP contribution in [-0.2, 0) is 0 Å². The molecule has 15 heavy (non-hydrogen) atoms. The molecule has 1 unspecified atom stereocenters. The molecule has 0 aromatic carbocycles. The number of aliphatic hydroxyl groups is 1. The first-order chi connectivity index (χ1) is 7.11. The molecule has 84 valence electrons. The average molecular weight is 213 g/mol. The maximum absolute atomic E-state index is 9.06. The summed E-state index contributed by atoms with van der Waals surface area (Å²) in [6, 6.07) is 0.179. The predicted molar refractivity (Wildman–Crippen MR) is 55.6 cm³/mol. The summed E-state index contributed by atoms with van der Waals surface area (Å²) >= 11 is 0. The second-order valence-electron chi connectivity index (χ2n) is 2.96. The first-order valence-corrected chi connectivity index (χ1v) is 4.68. The standard InChI is InChI=1S/C8H15N5O2/c1-3-15-8-12-6(9)11-7(13-8)10-4-5(2)14/h5,14H,3-4H2,1-2H3,(H3,9,10,11,12,13). The number of nitrogens with two attached hydrogens (primary N) is 1. The van der Waals surface area contributed by atoms with Crippen LogP contribution >= 0.6 is 0 Å². The molecule has 1 heterocycles. The number of hydrogen-bond donors (Lipinski definition) is 3. The molecule has 0 saturated carbocycles. The molecule has 1 atom stereocenters. The quantitative estimate of drug-likeness (QED) is 0.613. The number of nitrogens with zero attached hydrogens (tertiary/aromatic N) is 3. The molecule has 0 spiro atoms. The first kappa shape index (κ1) is 11.4. The van der Waals surface area contributed by atoms with Crippen molar-refractivity contribution < 1.29 is 9.84 Å². The summed E-state index contributed by atoms with van der Waals surface area (Å²) in [7, 11) is 0. The lowest BCUT2D eigenvalue weighted by Crippen LogP contribution is -2.18. The topological polar surface area (TPSA) is 106 Å². The number of anilines is 2. The zero-order valence-corrected chi connectivity index (χ0v) is 8.77. The van der Waals surface area contributed by atoms with Gasteiger partial charge in [-0.2, -0.15) is 15.0 Å². The van der Waals surface area contributed by atoms with Crippen LogP contribution in [0, 0.1) is 0 Å². The van der Waals surface area contributed by atoms with E-state index in [0.29, 0.717) is 19.1 Å². The van der Waals surface area contributed by atoms with E-state index in [0.717, 1.165) is 0 Å². The maximum Gasteiger partial charge on any atom is 0.323 e. The van der Waals surface area contributed by atoms with Gasteiger partial charge in [-0.05, 0) is 13.8 Å². The van der Waals surface area contributed by atoms with E-state index in [9.17, 15) is 0 Å². The van der Waals surface area contributed by atoms with Crippen molar-refractivity contribution in [2.24, 2.45) is 0 Å².